The lowest BCUT2D eigenvalue weighted by Crippen LogP contribution is -2.71. The molecule has 1 aromatic heterocycles. The molecule has 2 heterocycles. The van der Waals surface area contributed by atoms with Crippen LogP contribution >= 0.6 is 0 Å². The summed E-state index contributed by atoms with van der Waals surface area (Å²) in [6, 6.07) is 1.98. The van der Waals surface area contributed by atoms with E-state index in [1.807, 2.05) is 12.1 Å². The van der Waals surface area contributed by atoms with E-state index >= 15 is 0 Å². The van der Waals surface area contributed by atoms with Gasteiger partial charge in [-0.2, -0.15) is 0 Å². The molecule has 0 amide bonds. The quantitative estimate of drug-likeness (QED) is 0.374. The summed E-state index contributed by atoms with van der Waals surface area (Å²) < 4.78 is 18.2. The molecule has 1 aromatic rings. The van der Waals surface area contributed by atoms with Crippen molar-refractivity contribution in [2.45, 2.75) is 90.6 Å². The molecule has 6 rings (SSSR count). The highest BCUT2D eigenvalue weighted by atomic mass is 16.6. The summed E-state index contributed by atoms with van der Waals surface area (Å²) in [6.07, 6.45) is 8.28. The Hall–Kier alpha value is -1.92. The Kier molecular flexibility index (Phi) is 4.76. The van der Waals surface area contributed by atoms with E-state index < -0.39 is 29.3 Å². The summed E-state index contributed by atoms with van der Waals surface area (Å²) in [6.45, 7) is 12.6. The second kappa shape index (κ2) is 7.10. The van der Waals surface area contributed by atoms with Gasteiger partial charge in [0.1, 0.15) is 17.8 Å². The minimum absolute atomic E-state index is 0.0245. The molecule has 1 aliphatic heterocycles. The van der Waals surface area contributed by atoms with Crippen molar-refractivity contribution in [3.05, 3.63) is 36.3 Å². The van der Waals surface area contributed by atoms with Crippen LogP contribution in [0.4, 0.5) is 0 Å². The monoisotopic (exact) mass is 482 g/mol. The van der Waals surface area contributed by atoms with Gasteiger partial charge in [0.2, 0.25) is 0 Å². The third-order valence-corrected chi connectivity index (χ3v) is 11.3. The van der Waals surface area contributed by atoms with Crippen molar-refractivity contribution in [2.75, 3.05) is 0 Å². The lowest BCUT2D eigenvalue weighted by atomic mass is 9.35. The molecule has 4 fully saturated rings. The number of carbonyl (C=O) groups excluding carboxylic acids is 2. The van der Waals surface area contributed by atoms with Gasteiger partial charge in [-0.3, -0.25) is 9.59 Å². The number of hydrogen-bond donors (Lipinski definition) is 1. The third-order valence-electron chi connectivity index (χ3n) is 11.3. The summed E-state index contributed by atoms with van der Waals surface area (Å²) >= 11 is 0. The number of Topliss-reactive ketones (excluding diaryl/α,β-unsaturated/α-hetero) is 1. The van der Waals surface area contributed by atoms with Crippen LogP contribution in [-0.2, 0) is 19.1 Å². The molecular weight excluding hydrogens is 444 g/mol. The fraction of sp³-hybridized carbons (Fsp3) is 0.724. The molecule has 3 saturated carbocycles. The average molecular weight is 483 g/mol. The van der Waals surface area contributed by atoms with Gasteiger partial charge < -0.3 is 19.0 Å². The molecule has 35 heavy (non-hydrogen) atoms. The number of hydrogen-bond acceptors (Lipinski definition) is 6. The molecule has 1 N–H and O–H groups in total. The summed E-state index contributed by atoms with van der Waals surface area (Å²) in [5.74, 6) is 0.561. The fourth-order valence-electron chi connectivity index (χ4n) is 9.70. The van der Waals surface area contributed by atoms with Crippen LogP contribution in [-0.4, -0.2) is 40.8 Å². The number of aliphatic hydroxyl groups is 1. The van der Waals surface area contributed by atoms with Crippen molar-refractivity contribution < 1.29 is 28.6 Å². The van der Waals surface area contributed by atoms with Crippen LogP contribution in [0.15, 0.2) is 35.2 Å². The molecule has 6 nitrogen and oxygen atoms in total. The van der Waals surface area contributed by atoms with Crippen LogP contribution in [0.2, 0.25) is 0 Å². The normalized spacial score (nSPS) is 51.5. The molecule has 0 aromatic carbocycles. The number of fused-ring (bicyclic) bond motifs is 3. The van der Waals surface area contributed by atoms with Gasteiger partial charge in [0.05, 0.1) is 18.6 Å². The zero-order valence-electron chi connectivity index (χ0n) is 21.6. The number of rotatable bonds is 2. The first kappa shape index (κ1) is 23.5. The number of esters is 1. The van der Waals surface area contributed by atoms with Gasteiger partial charge in [0.25, 0.3) is 0 Å². The molecule has 11 atom stereocenters. The van der Waals surface area contributed by atoms with Crippen molar-refractivity contribution in [2.24, 2.45) is 39.9 Å². The summed E-state index contributed by atoms with van der Waals surface area (Å²) in [7, 11) is 0. The predicted molar refractivity (Wildman–Crippen MR) is 128 cm³/mol. The van der Waals surface area contributed by atoms with Crippen molar-refractivity contribution in [1.29, 1.82) is 0 Å². The predicted octanol–water partition coefficient (Wildman–Crippen LogP) is 4.67. The van der Waals surface area contributed by atoms with Crippen molar-refractivity contribution in [3.63, 3.8) is 0 Å². The number of carbonyl (C=O) groups is 2. The molecule has 6 unspecified atom stereocenters. The number of ether oxygens (including phenoxy) is 2. The van der Waals surface area contributed by atoms with Crippen LogP contribution in [0.3, 0.4) is 0 Å². The number of allylic oxidation sites excluding steroid dienone is 1. The second-order valence-electron chi connectivity index (χ2n) is 13.1. The summed E-state index contributed by atoms with van der Waals surface area (Å²) in [5, 5.41) is 10.9. The van der Waals surface area contributed by atoms with Crippen molar-refractivity contribution >= 4 is 11.8 Å². The molecule has 0 bridgehead atoms. The van der Waals surface area contributed by atoms with Crippen LogP contribution < -0.4 is 0 Å². The largest absolute Gasteiger partial charge is 0.472 e. The Bertz CT molecular complexity index is 1090. The van der Waals surface area contributed by atoms with Crippen molar-refractivity contribution in [1.82, 2.24) is 0 Å². The van der Waals surface area contributed by atoms with Crippen molar-refractivity contribution in [3.8, 4) is 0 Å². The third kappa shape index (κ3) is 2.73. The average Bonchev–Trinajstić information content (AvgIpc) is 3.31. The first-order valence-corrected chi connectivity index (χ1v) is 13.2. The Morgan fingerprint density at radius 1 is 1.17 bits per heavy atom. The lowest BCUT2D eigenvalue weighted by molar-refractivity contribution is -0.236. The Morgan fingerprint density at radius 3 is 2.57 bits per heavy atom. The van der Waals surface area contributed by atoms with Gasteiger partial charge in [-0.15, -0.1) is 0 Å². The van der Waals surface area contributed by atoms with E-state index in [1.54, 1.807) is 12.5 Å². The van der Waals surface area contributed by atoms with E-state index in [-0.39, 0.29) is 46.3 Å². The molecule has 190 valence electrons. The van der Waals surface area contributed by atoms with E-state index in [2.05, 4.69) is 40.7 Å². The highest BCUT2D eigenvalue weighted by molar-refractivity contribution is 5.90. The summed E-state index contributed by atoms with van der Waals surface area (Å²) in [4.78, 5) is 25.9. The van der Waals surface area contributed by atoms with Gasteiger partial charge in [0.15, 0.2) is 5.78 Å². The molecular formula is C29H38O6. The molecule has 5 aliphatic rings. The fourth-order valence-corrected chi connectivity index (χ4v) is 9.70. The maximum atomic E-state index is 13.4. The lowest BCUT2D eigenvalue weighted by Gasteiger charge is -2.68. The zero-order valence-corrected chi connectivity index (χ0v) is 21.6. The first-order valence-electron chi connectivity index (χ1n) is 13.2. The Balaban J connectivity index is 1.54. The molecule has 0 radical (unpaired) electrons. The van der Waals surface area contributed by atoms with Gasteiger partial charge in [-0.25, -0.2) is 0 Å². The smallest absolute Gasteiger partial charge is 0.302 e. The zero-order chi connectivity index (χ0) is 25.1. The van der Waals surface area contributed by atoms with Gasteiger partial charge >= 0.3 is 5.97 Å². The van der Waals surface area contributed by atoms with Gasteiger partial charge in [-0.05, 0) is 59.0 Å². The molecule has 4 aliphatic carbocycles. The topological polar surface area (TPSA) is 89.3 Å². The maximum Gasteiger partial charge on any atom is 0.302 e. The minimum Gasteiger partial charge on any atom is -0.472 e. The van der Waals surface area contributed by atoms with E-state index in [0.717, 1.165) is 12.0 Å². The maximum absolute atomic E-state index is 13.4. The first-order chi connectivity index (χ1) is 16.4. The van der Waals surface area contributed by atoms with Crippen LogP contribution in [0, 0.1) is 39.9 Å². The molecule has 6 heteroatoms. The minimum atomic E-state index is -0.672. The number of aliphatic hydroxyl groups excluding tert-OH is 1. The Morgan fingerprint density at radius 2 is 1.91 bits per heavy atom. The molecule has 1 saturated heterocycles. The van der Waals surface area contributed by atoms with Crippen LogP contribution in [0.5, 0.6) is 0 Å². The van der Waals surface area contributed by atoms with Gasteiger partial charge in [0, 0.05) is 24.7 Å². The van der Waals surface area contributed by atoms with E-state index in [9.17, 15) is 14.7 Å². The van der Waals surface area contributed by atoms with Crippen LogP contribution in [0.25, 0.3) is 0 Å². The standard InChI is InChI=1S/C29H38O6/c1-15-11-21-27(5)9-7-22(32)26(3,4)20(27)13-23(34-16(2)30)28(21,6)29-24(15)18(17-8-10-33-14-17)12-19(31)25(29)35-29/h7-10,14-15,18,20-25,32H,11-13H2,1-6H3/t15-,18-,20?,21?,22?,23+,24?,25?,27-,28-,29?/m0/s1. The van der Waals surface area contributed by atoms with E-state index in [4.69, 9.17) is 13.9 Å². The number of ketones is 1. The highest BCUT2D eigenvalue weighted by Crippen LogP contribution is 2.77. The molecule has 1 spiro atoms. The SMILES string of the molecule is CC(=O)O[C@@H]1CC2C(C)(C)C(O)C=C[C@]2(C)C2C[C@H](C)C3[C@H](c4ccoc4)CC(=O)C4OC43[C@@]21C. The van der Waals surface area contributed by atoms with E-state index in [1.165, 1.54) is 6.92 Å². The van der Waals surface area contributed by atoms with Crippen LogP contribution in [0.1, 0.15) is 72.3 Å². The number of epoxide rings is 1. The summed E-state index contributed by atoms with van der Waals surface area (Å²) in [5.41, 5.74) is -0.741. The number of furan rings is 1. The Labute approximate surface area is 207 Å². The highest BCUT2D eigenvalue weighted by Gasteiger charge is 2.84. The second-order valence-corrected chi connectivity index (χ2v) is 13.1. The van der Waals surface area contributed by atoms with Gasteiger partial charge in [-0.1, -0.05) is 46.8 Å². The van der Waals surface area contributed by atoms with E-state index in [0.29, 0.717) is 18.8 Å².